The lowest BCUT2D eigenvalue weighted by Crippen LogP contribution is -2.63. The summed E-state index contributed by atoms with van der Waals surface area (Å²) in [7, 11) is 5.46. The molecule has 2 heterocycles. The number of nitrogens with one attached hydrogen (secondary N) is 4. The van der Waals surface area contributed by atoms with Crippen molar-refractivity contribution in [3.63, 3.8) is 0 Å². The summed E-state index contributed by atoms with van der Waals surface area (Å²) in [5.41, 5.74) is 7.51. The Labute approximate surface area is 251 Å². The number of allylic oxidation sites excluding steroid dienone is 1. The molecule has 2 bridgehead atoms. The van der Waals surface area contributed by atoms with E-state index >= 15 is 0 Å². The highest BCUT2D eigenvalue weighted by Crippen LogP contribution is 2.63. The number of likely N-dealkylation sites (tertiary alicyclic amines) is 1. The molecule has 6 N–H and O–H groups in total. The minimum atomic E-state index is -0.736. The molecule has 0 radical (unpaired) electrons. The van der Waals surface area contributed by atoms with Crippen molar-refractivity contribution in [2.24, 2.45) is 11.7 Å². The summed E-state index contributed by atoms with van der Waals surface area (Å²) in [6.07, 6.45) is 4.61. The SMILES string of the molecule is COc1ccc2c3c1O[C@H]1C(OC(=O)N(C)CCNC(=O)[C@H](CCCNC(=N)N)NC(C)=O)=CC[C@H]4[C@@H](C2)N(C)CC[C@]314. The smallest absolute Gasteiger partial charge is 0.414 e. The molecule has 1 aromatic carbocycles. The maximum atomic E-state index is 13.2. The first kappa shape index (κ1) is 30.5. The topological polar surface area (TPSA) is 171 Å². The number of amides is 3. The first-order valence-electron chi connectivity index (χ1n) is 14.9. The fraction of sp³-hybridized carbons (Fsp3) is 0.600. The molecule has 2 aliphatic heterocycles. The van der Waals surface area contributed by atoms with Gasteiger partial charge in [0.2, 0.25) is 11.8 Å². The van der Waals surface area contributed by atoms with Gasteiger partial charge in [-0.05, 0) is 69.3 Å². The number of hydrogen-bond donors (Lipinski definition) is 5. The number of carbonyl (C=O) groups is 3. The van der Waals surface area contributed by atoms with Gasteiger partial charge in [-0.2, -0.15) is 0 Å². The van der Waals surface area contributed by atoms with E-state index in [1.54, 1.807) is 14.2 Å². The van der Waals surface area contributed by atoms with Crippen molar-refractivity contribution in [1.82, 2.24) is 25.8 Å². The first-order valence-corrected chi connectivity index (χ1v) is 14.9. The van der Waals surface area contributed by atoms with Crippen molar-refractivity contribution in [3.8, 4) is 11.5 Å². The van der Waals surface area contributed by atoms with Gasteiger partial charge in [-0.1, -0.05) is 6.07 Å². The lowest BCUT2D eigenvalue weighted by molar-refractivity contribution is -0.128. The zero-order valence-electron chi connectivity index (χ0n) is 25.3. The molecule has 0 unspecified atom stereocenters. The van der Waals surface area contributed by atoms with Gasteiger partial charge in [0.05, 0.1) is 7.11 Å². The van der Waals surface area contributed by atoms with Crippen LogP contribution in [0, 0.1) is 11.3 Å². The second kappa shape index (κ2) is 12.3. The van der Waals surface area contributed by atoms with Crippen LogP contribution in [0.2, 0.25) is 0 Å². The summed E-state index contributed by atoms with van der Waals surface area (Å²) in [4.78, 5) is 41.5. The average Bonchev–Trinajstić information content (AvgIpc) is 3.32. The molecular formula is C30H43N7O6. The summed E-state index contributed by atoms with van der Waals surface area (Å²) in [6, 6.07) is 3.77. The molecule has 1 saturated heterocycles. The fourth-order valence-corrected chi connectivity index (χ4v) is 7.35. The first-order chi connectivity index (χ1) is 20.6. The largest absolute Gasteiger partial charge is 0.493 e. The van der Waals surface area contributed by atoms with Crippen LogP contribution in [0.3, 0.4) is 0 Å². The quantitative estimate of drug-likeness (QED) is 0.141. The van der Waals surface area contributed by atoms with Crippen molar-refractivity contribution in [2.75, 3.05) is 47.4 Å². The Balaban J connectivity index is 1.21. The van der Waals surface area contributed by atoms with Crippen molar-refractivity contribution in [1.29, 1.82) is 5.41 Å². The van der Waals surface area contributed by atoms with Crippen LogP contribution in [-0.2, 0) is 26.2 Å². The second-order valence-corrected chi connectivity index (χ2v) is 11.9. The summed E-state index contributed by atoms with van der Waals surface area (Å²) in [6.45, 7) is 3.08. The molecule has 0 saturated carbocycles. The van der Waals surface area contributed by atoms with Gasteiger partial charge in [0, 0.05) is 50.6 Å². The molecule has 13 heteroatoms. The predicted molar refractivity (Wildman–Crippen MR) is 159 cm³/mol. The van der Waals surface area contributed by atoms with Crippen molar-refractivity contribution in [2.45, 2.75) is 62.6 Å². The van der Waals surface area contributed by atoms with Gasteiger partial charge in [-0.15, -0.1) is 0 Å². The number of benzene rings is 1. The third kappa shape index (κ3) is 5.69. The van der Waals surface area contributed by atoms with Gasteiger partial charge in [-0.25, -0.2) is 4.79 Å². The van der Waals surface area contributed by atoms with E-state index in [-0.39, 0.29) is 36.3 Å². The second-order valence-electron chi connectivity index (χ2n) is 11.9. The van der Waals surface area contributed by atoms with Crippen LogP contribution < -0.4 is 31.2 Å². The number of guanidine groups is 1. The molecule has 234 valence electrons. The molecule has 1 fully saturated rings. The van der Waals surface area contributed by atoms with Crippen LogP contribution in [0.5, 0.6) is 11.5 Å². The molecular weight excluding hydrogens is 554 g/mol. The molecule has 0 aromatic heterocycles. The Morgan fingerprint density at radius 3 is 2.79 bits per heavy atom. The van der Waals surface area contributed by atoms with E-state index in [1.165, 1.54) is 23.0 Å². The summed E-state index contributed by atoms with van der Waals surface area (Å²) in [5.74, 6) is 1.52. The number of rotatable bonds is 11. The summed E-state index contributed by atoms with van der Waals surface area (Å²) >= 11 is 0. The van der Waals surface area contributed by atoms with E-state index in [9.17, 15) is 14.4 Å². The van der Waals surface area contributed by atoms with E-state index in [0.717, 1.165) is 31.6 Å². The van der Waals surface area contributed by atoms with Crippen LogP contribution in [0.4, 0.5) is 4.79 Å². The predicted octanol–water partition coefficient (Wildman–Crippen LogP) is 0.811. The average molecular weight is 598 g/mol. The molecule has 4 aliphatic rings. The highest BCUT2D eigenvalue weighted by molar-refractivity contribution is 5.86. The summed E-state index contributed by atoms with van der Waals surface area (Å²) < 4.78 is 18.3. The molecule has 43 heavy (non-hydrogen) atoms. The Kier molecular flexibility index (Phi) is 8.72. The van der Waals surface area contributed by atoms with E-state index in [0.29, 0.717) is 42.9 Å². The normalized spacial score (nSPS) is 25.3. The molecule has 2 aliphatic carbocycles. The highest BCUT2D eigenvalue weighted by Gasteiger charge is 2.64. The standard InChI is InChI=1S/C30H43N7O6/c1-17(38)35-20(6-5-12-34-28(31)32)27(39)33-13-15-37(3)29(40)42-23-10-8-19-21-16-18-7-9-22(41-4)25-24(18)30(19,26(23)43-25)11-14-36(21)2/h7,9-10,19-21,26H,5-6,8,11-16H2,1-4H3,(H,33,39)(H,35,38)(H4,31,32,34)/t19-,20-,21+,26-,30-/m0/s1. The minimum absolute atomic E-state index is 0.151. The Morgan fingerprint density at radius 2 is 2.07 bits per heavy atom. The zero-order valence-corrected chi connectivity index (χ0v) is 25.3. The lowest BCUT2D eigenvalue weighted by Gasteiger charge is -2.56. The number of nitrogens with two attached hydrogens (primary N) is 1. The molecule has 5 atom stereocenters. The Morgan fingerprint density at radius 1 is 1.28 bits per heavy atom. The number of ether oxygens (including phenoxy) is 3. The number of nitrogens with zero attached hydrogens (tertiary/aromatic N) is 2. The van der Waals surface area contributed by atoms with Crippen LogP contribution >= 0.6 is 0 Å². The maximum Gasteiger partial charge on any atom is 0.414 e. The monoisotopic (exact) mass is 597 g/mol. The van der Waals surface area contributed by atoms with Crippen LogP contribution in [0.1, 0.15) is 43.7 Å². The maximum absolute atomic E-state index is 13.2. The molecule has 1 aromatic rings. The number of piperidine rings is 1. The van der Waals surface area contributed by atoms with Gasteiger partial charge in [0.1, 0.15) is 11.8 Å². The molecule has 13 nitrogen and oxygen atoms in total. The highest BCUT2D eigenvalue weighted by atomic mass is 16.6. The van der Waals surface area contributed by atoms with Crippen LogP contribution in [-0.4, -0.2) is 99.2 Å². The molecule has 5 rings (SSSR count). The van der Waals surface area contributed by atoms with E-state index in [2.05, 4.69) is 34.0 Å². The van der Waals surface area contributed by atoms with Gasteiger partial charge >= 0.3 is 6.09 Å². The zero-order chi connectivity index (χ0) is 30.9. The van der Waals surface area contributed by atoms with Crippen LogP contribution in [0.15, 0.2) is 24.0 Å². The third-order valence-electron chi connectivity index (χ3n) is 9.37. The number of hydrogen-bond acceptors (Lipinski definition) is 8. The van der Waals surface area contributed by atoms with Crippen LogP contribution in [0.25, 0.3) is 0 Å². The van der Waals surface area contributed by atoms with Gasteiger partial charge < -0.3 is 45.7 Å². The van der Waals surface area contributed by atoms with Crippen molar-refractivity contribution >= 4 is 23.9 Å². The van der Waals surface area contributed by atoms with Crippen molar-refractivity contribution < 1.29 is 28.6 Å². The number of carbonyl (C=O) groups excluding carboxylic acids is 3. The fourth-order valence-electron chi connectivity index (χ4n) is 7.35. The summed E-state index contributed by atoms with van der Waals surface area (Å²) in [5, 5.41) is 15.3. The number of likely N-dealkylation sites (N-methyl/N-ethyl adjacent to an activating group) is 2. The van der Waals surface area contributed by atoms with Gasteiger partial charge in [0.25, 0.3) is 0 Å². The van der Waals surface area contributed by atoms with Gasteiger partial charge in [0.15, 0.2) is 23.6 Å². The lowest BCUT2D eigenvalue weighted by atomic mass is 9.53. The van der Waals surface area contributed by atoms with E-state index < -0.39 is 18.2 Å². The Hall–Kier alpha value is -4.00. The van der Waals surface area contributed by atoms with E-state index in [4.69, 9.17) is 25.4 Å². The molecule has 3 amide bonds. The van der Waals surface area contributed by atoms with Crippen molar-refractivity contribution in [3.05, 3.63) is 35.1 Å². The third-order valence-corrected chi connectivity index (χ3v) is 9.37. The minimum Gasteiger partial charge on any atom is -0.493 e. The Bertz CT molecular complexity index is 1320. The number of methoxy groups -OCH3 is 1. The van der Waals surface area contributed by atoms with E-state index in [1.807, 2.05) is 12.1 Å². The van der Waals surface area contributed by atoms with Gasteiger partial charge in [-0.3, -0.25) is 15.0 Å². The molecule has 1 spiro atoms.